The maximum absolute atomic E-state index is 13.3. The van der Waals surface area contributed by atoms with Crippen molar-refractivity contribution in [2.75, 3.05) is 26.2 Å². The van der Waals surface area contributed by atoms with Crippen molar-refractivity contribution in [3.8, 4) is 0 Å². The fourth-order valence-electron chi connectivity index (χ4n) is 2.11. The van der Waals surface area contributed by atoms with Crippen LogP contribution >= 0.6 is 0 Å². The van der Waals surface area contributed by atoms with Gasteiger partial charge in [-0.3, -0.25) is 4.79 Å². The van der Waals surface area contributed by atoms with Gasteiger partial charge in [0.05, 0.1) is 5.56 Å². The van der Waals surface area contributed by atoms with E-state index in [9.17, 15) is 22.4 Å². The Bertz CT molecular complexity index is 494. The molecule has 0 radical (unpaired) electrons. The predicted molar refractivity (Wildman–Crippen MR) is 64.8 cm³/mol. The quantitative estimate of drug-likeness (QED) is 0.805. The van der Waals surface area contributed by atoms with Gasteiger partial charge in [-0.25, -0.2) is 4.39 Å². The number of amides is 1. The average Bonchev–Trinajstić information content (AvgIpc) is 2.65. The van der Waals surface area contributed by atoms with Crippen LogP contribution in [0.1, 0.15) is 22.3 Å². The number of halogens is 4. The van der Waals surface area contributed by atoms with E-state index in [0.717, 1.165) is 12.6 Å². The Labute approximate surface area is 113 Å². The lowest BCUT2D eigenvalue weighted by molar-refractivity contribution is -0.137. The molecule has 0 saturated carbocycles. The fraction of sp³-hybridized carbons (Fsp3) is 0.462. The van der Waals surface area contributed by atoms with E-state index in [-0.39, 0.29) is 5.56 Å². The van der Waals surface area contributed by atoms with Crippen LogP contribution in [0, 0.1) is 5.82 Å². The molecule has 1 heterocycles. The number of hydrogen-bond acceptors (Lipinski definition) is 2. The molecule has 0 aliphatic carbocycles. The van der Waals surface area contributed by atoms with Crippen molar-refractivity contribution in [2.24, 2.45) is 0 Å². The SMILES string of the molecule is O=C(c1cc(F)cc(C(F)(F)F)c1)N1CCCNCC1. The molecule has 3 nitrogen and oxygen atoms in total. The van der Waals surface area contributed by atoms with Gasteiger partial charge in [0.2, 0.25) is 0 Å². The third kappa shape index (κ3) is 3.47. The standard InChI is InChI=1S/C13H14F4N2O/c14-11-7-9(6-10(8-11)13(15,16)17)12(20)19-4-1-2-18-3-5-19/h6-8,18H,1-5H2. The van der Waals surface area contributed by atoms with Gasteiger partial charge in [-0.05, 0) is 31.2 Å². The van der Waals surface area contributed by atoms with Crippen LogP contribution in [0.5, 0.6) is 0 Å². The maximum atomic E-state index is 13.3. The second-order valence-electron chi connectivity index (χ2n) is 4.62. The molecule has 110 valence electrons. The van der Waals surface area contributed by atoms with E-state index < -0.39 is 23.5 Å². The van der Waals surface area contributed by atoms with Gasteiger partial charge in [-0.1, -0.05) is 0 Å². The zero-order valence-corrected chi connectivity index (χ0v) is 10.6. The maximum Gasteiger partial charge on any atom is 0.416 e. The Kier molecular flexibility index (Phi) is 4.27. The molecule has 1 aromatic rings. The normalized spacial score (nSPS) is 16.9. The highest BCUT2D eigenvalue weighted by Crippen LogP contribution is 2.30. The molecule has 1 aliphatic heterocycles. The lowest BCUT2D eigenvalue weighted by Crippen LogP contribution is -2.34. The summed E-state index contributed by atoms with van der Waals surface area (Å²) in [6, 6.07) is 1.93. The van der Waals surface area contributed by atoms with Gasteiger partial charge in [0.1, 0.15) is 5.82 Å². The molecule has 1 amide bonds. The van der Waals surface area contributed by atoms with E-state index in [1.54, 1.807) is 0 Å². The summed E-state index contributed by atoms with van der Waals surface area (Å²) in [5.41, 5.74) is -1.41. The third-order valence-corrected chi connectivity index (χ3v) is 3.10. The molecule has 1 saturated heterocycles. The molecule has 1 aromatic carbocycles. The van der Waals surface area contributed by atoms with Gasteiger partial charge in [-0.15, -0.1) is 0 Å². The molecule has 0 atom stereocenters. The second kappa shape index (κ2) is 5.78. The van der Waals surface area contributed by atoms with Crippen LogP contribution < -0.4 is 5.32 Å². The topological polar surface area (TPSA) is 32.3 Å². The molecule has 1 fully saturated rings. The molecule has 7 heteroatoms. The van der Waals surface area contributed by atoms with E-state index in [4.69, 9.17) is 0 Å². The number of benzene rings is 1. The number of carbonyl (C=O) groups is 1. The van der Waals surface area contributed by atoms with Gasteiger partial charge in [0, 0.05) is 25.2 Å². The molecule has 0 spiro atoms. The third-order valence-electron chi connectivity index (χ3n) is 3.10. The lowest BCUT2D eigenvalue weighted by Gasteiger charge is -2.20. The summed E-state index contributed by atoms with van der Waals surface area (Å²) in [7, 11) is 0. The van der Waals surface area contributed by atoms with E-state index in [2.05, 4.69) is 5.32 Å². The predicted octanol–water partition coefficient (Wildman–Crippen LogP) is 2.28. The Morgan fingerprint density at radius 3 is 2.60 bits per heavy atom. The summed E-state index contributed by atoms with van der Waals surface area (Å²) >= 11 is 0. The number of nitrogens with zero attached hydrogens (tertiary/aromatic N) is 1. The monoisotopic (exact) mass is 290 g/mol. The van der Waals surface area contributed by atoms with Crippen molar-refractivity contribution in [3.05, 3.63) is 35.1 Å². The van der Waals surface area contributed by atoms with Gasteiger partial charge >= 0.3 is 6.18 Å². The summed E-state index contributed by atoms with van der Waals surface area (Å²) in [6.45, 7) is 2.17. The molecule has 2 rings (SSSR count). The van der Waals surface area contributed by atoms with E-state index in [0.29, 0.717) is 38.2 Å². The molecular weight excluding hydrogens is 276 g/mol. The Balaban J connectivity index is 2.27. The van der Waals surface area contributed by atoms with Crippen LogP contribution in [-0.2, 0) is 6.18 Å². The molecule has 20 heavy (non-hydrogen) atoms. The van der Waals surface area contributed by atoms with Crippen molar-refractivity contribution in [1.82, 2.24) is 10.2 Å². The van der Waals surface area contributed by atoms with Crippen LogP contribution in [0.4, 0.5) is 17.6 Å². The highest BCUT2D eigenvalue weighted by Gasteiger charge is 2.32. The van der Waals surface area contributed by atoms with E-state index in [1.165, 1.54) is 4.90 Å². The van der Waals surface area contributed by atoms with E-state index >= 15 is 0 Å². The van der Waals surface area contributed by atoms with Crippen molar-refractivity contribution in [2.45, 2.75) is 12.6 Å². The molecule has 1 N–H and O–H groups in total. The van der Waals surface area contributed by atoms with Gasteiger partial charge in [0.15, 0.2) is 0 Å². The minimum Gasteiger partial charge on any atom is -0.337 e. The average molecular weight is 290 g/mol. The second-order valence-corrected chi connectivity index (χ2v) is 4.62. The van der Waals surface area contributed by atoms with Crippen LogP contribution in [0.2, 0.25) is 0 Å². The molecule has 0 unspecified atom stereocenters. The first-order valence-corrected chi connectivity index (χ1v) is 6.26. The minimum absolute atomic E-state index is 0.265. The number of alkyl halides is 3. The fourth-order valence-corrected chi connectivity index (χ4v) is 2.11. The summed E-state index contributed by atoms with van der Waals surface area (Å²) in [6.07, 6.45) is -3.95. The minimum atomic E-state index is -4.67. The Morgan fingerprint density at radius 2 is 1.90 bits per heavy atom. The summed E-state index contributed by atoms with van der Waals surface area (Å²) in [5.74, 6) is -1.63. The first-order chi connectivity index (χ1) is 9.38. The number of rotatable bonds is 1. The van der Waals surface area contributed by atoms with Gasteiger partial charge in [-0.2, -0.15) is 13.2 Å². The largest absolute Gasteiger partial charge is 0.416 e. The zero-order chi connectivity index (χ0) is 14.8. The van der Waals surface area contributed by atoms with Crippen molar-refractivity contribution >= 4 is 5.91 Å². The summed E-state index contributed by atoms with van der Waals surface area (Å²) in [4.78, 5) is 13.6. The van der Waals surface area contributed by atoms with Crippen LogP contribution in [0.25, 0.3) is 0 Å². The Hall–Kier alpha value is -1.63. The van der Waals surface area contributed by atoms with Crippen molar-refractivity contribution < 1.29 is 22.4 Å². The smallest absolute Gasteiger partial charge is 0.337 e. The summed E-state index contributed by atoms with van der Waals surface area (Å²) in [5, 5.41) is 3.08. The molecular formula is C13H14F4N2O. The first kappa shape index (κ1) is 14.8. The molecule has 1 aliphatic rings. The lowest BCUT2D eigenvalue weighted by atomic mass is 10.1. The van der Waals surface area contributed by atoms with Gasteiger partial charge in [0.25, 0.3) is 5.91 Å². The number of carbonyl (C=O) groups excluding carboxylic acids is 1. The molecule has 0 aromatic heterocycles. The van der Waals surface area contributed by atoms with Crippen molar-refractivity contribution in [3.63, 3.8) is 0 Å². The number of hydrogen-bond donors (Lipinski definition) is 1. The van der Waals surface area contributed by atoms with Gasteiger partial charge < -0.3 is 10.2 Å². The summed E-state index contributed by atoms with van der Waals surface area (Å²) < 4.78 is 51.1. The number of nitrogens with one attached hydrogen (secondary N) is 1. The zero-order valence-electron chi connectivity index (χ0n) is 10.6. The van der Waals surface area contributed by atoms with Crippen LogP contribution in [0.3, 0.4) is 0 Å². The van der Waals surface area contributed by atoms with Crippen LogP contribution in [-0.4, -0.2) is 37.0 Å². The van der Waals surface area contributed by atoms with Crippen LogP contribution in [0.15, 0.2) is 18.2 Å². The van der Waals surface area contributed by atoms with Crippen molar-refractivity contribution in [1.29, 1.82) is 0 Å². The molecule has 0 bridgehead atoms. The first-order valence-electron chi connectivity index (χ1n) is 6.26. The highest BCUT2D eigenvalue weighted by atomic mass is 19.4. The highest BCUT2D eigenvalue weighted by molar-refractivity contribution is 5.94. The van der Waals surface area contributed by atoms with E-state index in [1.807, 2.05) is 0 Å². The Morgan fingerprint density at radius 1 is 1.15 bits per heavy atom.